The second kappa shape index (κ2) is 4.35. The monoisotopic (exact) mass is 262 g/mol. The Balaban J connectivity index is 2.15. The van der Waals surface area contributed by atoms with Gasteiger partial charge in [0.05, 0.1) is 11.4 Å². The smallest absolute Gasteiger partial charge is 0.136 e. The van der Waals surface area contributed by atoms with Gasteiger partial charge in [-0.25, -0.2) is 9.97 Å². The predicted octanol–water partition coefficient (Wildman–Crippen LogP) is 3.20. The first-order valence-electron chi connectivity index (χ1n) is 6.27. The lowest BCUT2D eigenvalue weighted by Gasteiger charge is -2.10. The highest BCUT2D eigenvalue weighted by molar-refractivity contribution is 6.30. The summed E-state index contributed by atoms with van der Waals surface area (Å²) in [5.41, 5.74) is 2.86. The number of rotatable bonds is 3. The average Bonchev–Trinajstić information content (AvgIpc) is 3.11. The van der Waals surface area contributed by atoms with Gasteiger partial charge in [-0.05, 0) is 32.8 Å². The molecule has 4 nitrogen and oxygen atoms in total. The Bertz CT molecular complexity index is 587. The van der Waals surface area contributed by atoms with Crippen molar-refractivity contribution in [2.24, 2.45) is 0 Å². The van der Waals surface area contributed by atoms with Gasteiger partial charge in [-0.3, -0.25) is 4.68 Å². The molecular weight excluding hydrogens is 248 g/mol. The summed E-state index contributed by atoms with van der Waals surface area (Å²) in [5, 5.41) is 4.85. The summed E-state index contributed by atoms with van der Waals surface area (Å²) < 4.78 is 1.93. The molecule has 0 bridgehead atoms. The molecule has 1 aliphatic rings. The number of nitrogens with zero attached hydrogens (tertiary/aromatic N) is 4. The van der Waals surface area contributed by atoms with Crippen LogP contribution in [0.2, 0.25) is 5.15 Å². The van der Waals surface area contributed by atoms with Gasteiger partial charge in [0.2, 0.25) is 0 Å². The van der Waals surface area contributed by atoms with E-state index < -0.39 is 0 Å². The maximum absolute atomic E-state index is 6.22. The quantitative estimate of drug-likeness (QED) is 0.798. The molecule has 0 amide bonds. The number of hydrogen-bond acceptors (Lipinski definition) is 3. The summed E-state index contributed by atoms with van der Waals surface area (Å²) in [6.45, 7) is 4.85. The third-order valence-corrected chi connectivity index (χ3v) is 3.67. The van der Waals surface area contributed by atoms with Crippen molar-refractivity contribution in [3.8, 4) is 11.4 Å². The molecule has 1 saturated carbocycles. The highest BCUT2D eigenvalue weighted by Crippen LogP contribution is 2.39. The minimum Gasteiger partial charge on any atom is -0.264 e. The minimum absolute atomic E-state index is 0.500. The first kappa shape index (κ1) is 11.7. The van der Waals surface area contributed by atoms with Crippen molar-refractivity contribution in [2.45, 2.75) is 39.2 Å². The SMILES string of the molecule is CCn1nccc1-c1nc(C2CC2)nc(Cl)c1C. The van der Waals surface area contributed by atoms with Gasteiger partial charge in [-0.1, -0.05) is 11.6 Å². The second-order valence-corrected chi connectivity index (χ2v) is 5.01. The Morgan fingerprint density at radius 1 is 1.39 bits per heavy atom. The number of halogens is 1. The fourth-order valence-corrected chi connectivity index (χ4v) is 2.24. The molecule has 1 aliphatic carbocycles. The molecule has 1 fully saturated rings. The van der Waals surface area contributed by atoms with E-state index in [0.29, 0.717) is 11.1 Å². The van der Waals surface area contributed by atoms with Crippen molar-refractivity contribution in [3.05, 3.63) is 28.8 Å². The Morgan fingerprint density at radius 2 is 2.17 bits per heavy atom. The zero-order valence-corrected chi connectivity index (χ0v) is 11.3. The maximum Gasteiger partial charge on any atom is 0.136 e. The first-order valence-corrected chi connectivity index (χ1v) is 6.64. The summed E-state index contributed by atoms with van der Waals surface area (Å²) in [7, 11) is 0. The van der Waals surface area contributed by atoms with Gasteiger partial charge >= 0.3 is 0 Å². The van der Waals surface area contributed by atoms with Gasteiger partial charge in [0.1, 0.15) is 11.0 Å². The van der Waals surface area contributed by atoms with Gasteiger partial charge in [0.25, 0.3) is 0 Å². The molecule has 0 aromatic carbocycles. The maximum atomic E-state index is 6.22. The topological polar surface area (TPSA) is 43.6 Å². The van der Waals surface area contributed by atoms with Crippen molar-refractivity contribution in [1.82, 2.24) is 19.7 Å². The molecule has 0 saturated heterocycles. The molecular formula is C13H15ClN4. The fourth-order valence-electron chi connectivity index (χ4n) is 2.06. The van der Waals surface area contributed by atoms with Crippen LogP contribution in [0.1, 0.15) is 37.1 Å². The van der Waals surface area contributed by atoms with Gasteiger partial charge in [-0.15, -0.1) is 0 Å². The third kappa shape index (κ3) is 1.90. The largest absolute Gasteiger partial charge is 0.264 e. The summed E-state index contributed by atoms with van der Waals surface area (Å²) in [6, 6.07) is 1.98. The molecule has 94 valence electrons. The Labute approximate surface area is 111 Å². The number of aromatic nitrogens is 4. The van der Waals surface area contributed by atoms with E-state index in [1.165, 1.54) is 12.8 Å². The van der Waals surface area contributed by atoms with Crippen LogP contribution in [-0.2, 0) is 6.54 Å². The van der Waals surface area contributed by atoms with E-state index in [1.807, 2.05) is 17.7 Å². The van der Waals surface area contributed by atoms with E-state index in [1.54, 1.807) is 6.20 Å². The van der Waals surface area contributed by atoms with Gasteiger partial charge in [0.15, 0.2) is 0 Å². The fraction of sp³-hybridized carbons (Fsp3) is 0.462. The van der Waals surface area contributed by atoms with E-state index >= 15 is 0 Å². The zero-order chi connectivity index (χ0) is 12.7. The van der Waals surface area contributed by atoms with Crippen LogP contribution in [0.3, 0.4) is 0 Å². The molecule has 2 aromatic rings. The van der Waals surface area contributed by atoms with E-state index in [2.05, 4.69) is 22.0 Å². The number of hydrogen-bond donors (Lipinski definition) is 0. The van der Waals surface area contributed by atoms with E-state index in [4.69, 9.17) is 11.6 Å². The van der Waals surface area contributed by atoms with Gasteiger partial charge in [0, 0.05) is 24.2 Å². The lowest BCUT2D eigenvalue weighted by atomic mass is 10.2. The normalized spacial score (nSPS) is 15.1. The standard InChI is InChI=1S/C13H15ClN4/c1-3-18-10(6-7-15-18)11-8(2)12(14)17-13(16-11)9-4-5-9/h6-7,9H,3-5H2,1-2H3. The third-order valence-electron chi connectivity index (χ3n) is 3.30. The average molecular weight is 263 g/mol. The zero-order valence-electron chi connectivity index (χ0n) is 10.5. The lowest BCUT2D eigenvalue weighted by Crippen LogP contribution is -2.04. The van der Waals surface area contributed by atoms with Crippen LogP contribution < -0.4 is 0 Å². The van der Waals surface area contributed by atoms with Gasteiger partial charge in [-0.2, -0.15) is 5.10 Å². The Hall–Kier alpha value is -1.42. The number of aryl methyl sites for hydroxylation is 1. The molecule has 0 unspecified atom stereocenters. The van der Waals surface area contributed by atoms with Crippen LogP contribution in [0.5, 0.6) is 0 Å². The van der Waals surface area contributed by atoms with E-state index in [9.17, 15) is 0 Å². The van der Waals surface area contributed by atoms with Crippen LogP contribution in [0, 0.1) is 6.92 Å². The van der Waals surface area contributed by atoms with Gasteiger partial charge < -0.3 is 0 Å². The first-order chi connectivity index (χ1) is 8.70. The van der Waals surface area contributed by atoms with Crippen LogP contribution in [0.15, 0.2) is 12.3 Å². The Kier molecular flexibility index (Phi) is 2.82. The van der Waals surface area contributed by atoms with Crippen molar-refractivity contribution in [2.75, 3.05) is 0 Å². The molecule has 2 aromatic heterocycles. The van der Waals surface area contributed by atoms with Crippen LogP contribution in [0.25, 0.3) is 11.4 Å². The van der Waals surface area contributed by atoms with Crippen molar-refractivity contribution >= 4 is 11.6 Å². The molecule has 3 rings (SSSR count). The highest BCUT2D eigenvalue weighted by atomic mass is 35.5. The van der Waals surface area contributed by atoms with Crippen molar-refractivity contribution in [3.63, 3.8) is 0 Å². The van der Waals surface area contributed by atoms with E-state index in [-0.39, 0.29) is 0 Å². The molecule has 0 N–H and O–H groups in total. The van der Waals surface area contributed by atoms with Crippen LogP contribution in [0.4, 0.5) is 0 Å². The Morgan fingerprint density at radius 3 is 2.83 bits per heavy atom. The minimum atomic E-state index is 0.500. The molecule has 5 heteroatoms. The molecule has 0 radical (unpaired) electrons. The highest BCUT2D eigenvalue weighted by Gasteiger charge is 2.28. The lowest BCUT2D eigenvalue weighted by molar-refractivity contribution is 0.664. The summed E-state index contributed by atoms with van der Waals surface area (Å²) >= 11 is 6.22. The molecule has 0 aliphatic heterocycles. The van der Waals surface area contributed by atoms with Crippen LogP contribution in [-0.4, -0.2) is 19.7 Å². The summed E-state index contributed by atoms with van der Waals surface area (Å²) in [5.74, 6) is 1.38. The predicted molar refractivity (Wildman–Crippen MR) is 70.6 cm³/mol. The van der Waals surface area contributed by atoms with Crippen molar-refractivity contribution < 1.29 is 0 Å². The second-order valence-electron chi connectivity index (χ2n) is 4.65. The van der Waals surface area contributed by atoms with Crippen LogP contribution >= 0.6 is 11.6 Å². The molecule has 2 heterocycles. The molecule has 18 heavy (non-hydrogen) atoms. The molecule has 0 spiro atoms. The summed E-state index contributed by atoms with van der Waals surface area (Å²) in [6.07, 6.45) is 4.14. The molecule has 0 atom stereocenters. The van der Waals surface area contributed by atoms with E-state index in [0.717, 1.165) is 29.3 Å². The summed E-state index contributed by atoms with van der Waals surface area (Å²) in [4.78, 5) is 9.08. The van der Waals surface area contributed by atoms with Crippen molar-refractivity contribution in [1.29, 1.82) is 0 Å².